The number of thioether (sulfide) groups is 1. The van der Waals surface area contributed by atoms with E-state index in [-0.39, 0.29) is 41.8 Å². The van der Waals surface area contributed by atoms with E-state index in [1.807, 2.05) is 30.5 Å². The Morgan fingerprint density at radius 1 is 0.955 bits per heavy atom. The van der Waals surface area contributed by atoms with Gasteiger partial charge in [-0.05, 0) is 36.6 Å². The van der Waals surface area contributed by atoms with Gasteiger partial charge in [-0.3, -0.25) is 32.5 Å². The molecule has 366 valence electrons. The fraction of sp³-hybridized carbons (Fsp3) is 0.556. The van der Waals surface area contributed by atoms with Crippen molar-refractivity contribution in [3.8, 4) is 0 Å². The van der Waals surface area contributed by atoms with Crippen molar-refractivity contribution in [2.45, 2.75) is 76.6 Å². The minimum absolute atomic E-state index is 0.00104. The second-order valence-electron chi connectivity index (χ2n) is 15.6. The molecule has 2 unspecified atom stereocenters. The number of hydrogen-bond donors (Lipinski definition) is 11. The lowest BCUT2D eigenvalue weighted by molar-refractivity contribution is -0.137. The molecule has 3 amide bonds. The highest BCUT2D eigenvalue weighted by molar-refractivity contribution is 7.99. The molecule has 0 spiro atoms. The van der Waals surface area contributed by atoms with E-state index in [0.717, 1.165) is 58.7 Å². The molecule has 1 aliphatic heterocycles. The van der Waals surface area contributed by atoms with Crippen molar-refractivity contribution in [1.29, 1.82) is 0 Å². The molecular formula is C36H54N9O17P3S. The predicted molar refractivity (Wildman–Crippen MR) is 236 cm³/mol. The molecule has 1 saturated heterocycles. The summed E-state index contributed by atoms with van der Waals surface area (Å²) in [7, 11) is -16.4. The molecular weight excluding hydrogens is 955 g/mol. The molecule has 66 heavy (non-hydrogen) atoms. The number of phosphoric acid groups is 3. The van der Waals surface area contributed by atoms with Gasteiger partial charge >= 0.3 is 23.5 Å². The number of nitrogens with two attached hydrogens (primary N) is 1. The van der Waals surface area contributed by atoms with Crippen LogP contribution in [0.4, 0.5) is 5.82 Å². The number of rotatable bonds is 27. The standard InChI is InChI=1S/C36H54N9O17P3S/c1-36(2,31(49)34(50)40-13-11-27(47)39-14-16-66-15-6-5-9-26(46)38-12-10-22-17-41-24-8-4-3-7-23(22)24)19-59-65(56,57)62-64(54,55)58-18-25-30(61-63(51,52)53)29(48)35(60-25)45-21-44-28-32(37)42-20-43-33(28)45/h3-4,7-8,17,20-21,25,29-31,35,41,48-49H,5-6,9-16,18-19H2,1-2H3,(H,38,46)(H,39,47)(H,40,50)(H,54,55)(H,56,57)(H2,37,42,43)(H2,51,52,53)/t25-,29+,30-,31-,35+/m0/s1. The monoisotopic (exact) mass is 1010 g/mol. The number of nitrogen functional groups attached to an aromatic ring is 1. The smallest absolute Gasteiger partial charge is 0.386 e. The maximum absolute atomic E-state index is 12.7. The first-order valence-corrected chi connectivity index (χ1v) is 26.0. The van der Waals surface area contributed by atoms with Gasteiger partial charge in [0.05, 0.1) is 19.5 Å². The van der Waals surface area contributed by atoms with Crippen LogP contribution in [0.3, 0.4) is 0 Å². The van der Waals surface area contributed by atoms with E-state index in [1.54, 1.807) is 11.8 Å². The minimum Gasteiger partial charge on any atom is -0.386 e. The SMILES string of the molecule is CC(C)(COP(=O)(O)OP(=O)(O)OC[C@@H]1O[C@@H](n2cnc3c(N)ncnc32)[C@H](O)[C@H]1OP(=O)(O)O)[C@@H](O)C(=O)NCCC(=O)NCCSCCCCC(=O)NCCc1c[nH]c2ccccc12. The number of amides is 3. The van der Waals surface area contributed by atoms with Crippen LogP contribution in [0.2, 0.25) is 0 Å². The van der Waals surface area contributed by atoms with Crippen LogP contribution in [0.25, 0.3) is 22.1 Å². The normalized spacial score (nSPS) is 20.2. The van der Waals surface area contributed by atoms with Gasteiger partial charge in [-0.1, -0.05) is 32.0 Å². The van der Waals surface area contributed by atoms with Gasteiger partial charge in [0.1, 0.15) is 36.3 Å². The molecule has 26 nitrogen and oxygen atoms in total. The van der Waals surface area contributed by atoms with E-state index < -0.39 is 78.6 Å². The van der Waals surface area contributed by atoms with Gasteiger partial charge in [0.15, 0.2) is 17.7 Å². The second-order valence-corrected chi connectivity index (χ2v) is 21.1. The van der Waals surface area contributed by atoms with Crippen molar-refractivity contribution < 1.29 is 80.5 Å². The molecule has 0 bridgehead atoms. The summed E-state index contributed by atoms with van der Waals surface area (Å²) in [5, 5.41) is 30.8. The number of unbranched alkanes of at least 4 members (excludes halogenated alkanes) is 1. The number of ether oxygens (including phenoxy) is 1. The Hall–Kier alpha value is -3.88. The van der Waals surface area contributed by atoms with E-state index in [0.29, 0.717) is 25.3 Å². The zero-order chi connectivity index (χ0) is 48.3. The highest BCUT2D eigenvalue weighted by Gasteiger charge is 2.50. The van der Waals surface area contributed by atoms with Crippen LogP contribution >= 0.6 is 35.2 Å². The molecule has 1 aliphatic rings. The summed E-state index contributed by atoms with van der Waals surface area (Å²) in [6.45, 7) is 1.29. The highest BCUT2D eigenvalue weighted by Crippen LogP contribution is 2.61. The number of hydrogen-bond acceptors (Lipinski definition) is 18. The molecule has 7 atom stereocenters. The topological polar surface area (TPSA) is 391 Å². The van der Waals surface area contributed by atoms with Crippen molar-refractivity contribution >= 4 is 80.8 Å². The third-order valence-electron chi connectivity index (χ3n) is 9.98. The molecule has 4 heterocycles. The van der Waals surface area contributed by atoms with E-state index in [9.17, 15) is 57.9 Å². The summed E-state index contributed by atoms with van der Waals surface area (Å²) in [5.41, 5.74) is 6.50. The van der Waals surface area contributed by atoms with Crippen molar-refractivity contribution in [1.82, 2.24) is 40.5 Å². The number of phosphoric ester groups is 3. The maximum atomic E-state index is 12.7. The lowest BCUT2D eigenvalue weighted by Gasteiger charge is -2.30. The number of fused-ring (bicyclic) bond motifs is 2. The zero-order valence-electron chi connectivity index (χ0n) is 35.7. The quantitative estimate of drug-likeness (QED) is 0.0295. The van der Waals surface area contributed by atoms with Crippen molar-refractivity contribution in [3.05, 3.63) is 48.7 Å². The van der Waals surface area contributed by atoms with Crippen molar-refractivity contribution in [2.24, 2.45) is 5.41 Å². The molecule has 1 fully saturated rings. The number of aliphatic hydroxyl groups is 2. The van der Waals surface area contributed by atoms with Gasteiger partial charge in [-0.15, -0.1) is 0 Å². The third-order valence-corrected chi connectivity index (χ3v) is 14.1. The van der Waals surface area contributed by atoms with Gasteiger partial charge in [0, 0.05) is 60.7 Å². The van der Waals surface area contributed by atoms with Crippen molar-refractivity contribution in [2.75, 3.05) is 50.1 Å². The molecule has 3 aromatic heterocycles. The van der Waals surface area contributed by atoms with Crippen LogP contribution in [-0.2, 0) is 57.1 Å². The average molecular weight is 1010 g/mol. The highest BCUT2D eigenvalue weighted by atomic mass is 32.2. The lowest BCUT2D eigenvalue weighted by atomic mass is 9.87. The minimum atomic E-state index is -5.57. The first-order valence-electron chi connectivity index (χ1n) is 20.3. The number of aromatic nitrogens is 5. The van der Waals surface area contributed by atoms with Crippen LogP contribution < -0.4 is 21.7 Å². The van der Waals surface area contributed by atoms with Gasteiger partial charge in [0.25, 0.3) is 0 Å². The average Bonchev–Trinajstić information content (AvgIpc) is 3.95. The van der Waals surface area contributed by atoms with Gasteiger partial charge < -0.3 is 61.2 Å². The van der Waals surface area contributed by atoms with Gasteiger partial charge in [-0.25, -0.2) is 28.6 Å². The number of nitrogens with one attached hydrogen (secondary N) is 4. The summed E-state index contributed by atoms with van der Waals surface area (Å²) in [6.07, 6.45) is -2.17. The zero-order valence-corrected chi connectivity index (χ0v) is 39.2. The first kappa shape index (κ1) is 53.1. The largest absolute Gasteiger partial charge is 0.481 e. The van der Waals surface area contributed by atoms with Crippen molar-refractivity contribution in [3.63, 3.8) is 0 Å². The number of aliphatic hydroxyl groups excluding tert-OH is 2. The van der Waals surface area contributed by atoms with Gasteiger partial charge in [-0.2, -0.15) is 16.1 Å². The summed E-state index contributed by atoms with van der Waals surface area (Å²) >= 11 is 1.62. The molecule has 0 aliphatic carbocycles. The van der Waals surface area contributed by atoms with Crippen LogP contribution in [0.15, 0.2) is 43.1 Å². The Kier molecular flexibility index (Phi) is 18.8. The van der Waals surface area contributed by atoms with E-state index in [2.05, 4.69) is 44.7 Å². The summed E-state index contributed by atoms with van der Waals surface area (Å²) in [5.74, 6) is 0.0769. The predicted octanol–water partition coefficient (Wildman–Crippen LogP) is 1.15. The van der Waals surface area contributed by atoms with Gasteiger partial charge in [0.2, 0.25) is 17.7 Å². The Balaban J connectivity index is 0.945. The number of benzene rings is 1. The third kappa shape index (κ3) is 15.6. The van der Waals surface area contributed by atoms with Crippen LogP contribution in [0.5, 0.6) is 0 Å². The van der Waals surface area contributed by atoms with Crippen LogP contribution in [0.1, 0.15) is 51.3 Å². The van der Waals surface area contributed by atoms with Crippen LogP contribution in [-0.4, -0.2) is 141 Å². The number of imidazole rings is 1. The number of nitrogens with zero attached hydrogens (tertiary/aromatic N) is 4. The number of H-pyrrole nitrogens is 1. The summed E-state index contributed by atoms with van der Waals surface area (Å²) < 4.78 is 62.4. The summed E-state index contributed by atoms with van der Waals surface area (Å²) in [6, 6.07) is 8.00. The van der Waals surface area contributed by atoms with Crippen LogP contribution in [0, 0.1) is 5.41 Å². The van der Waals surface area contributed by atoms with E-state index in [1.165, 1.54) is 13.8 Å². The Morgan fingerprint density at radius 2 is 1.67 bits per heavy atom. The maximum Gasteiger partial charge on any atom is 0.481 e. The molecule has 1 aromatic carbocycles. The van der Waals surface area contributed by atoms with E-state index >= 15 is 0 Å². The molecule has 5 rings (SSSR count). The lowest BCUT2D eigenvalue weighted by Crippen LogP contribution is -2.46. The number of carbonyl (C=O) groups excluding carboxylic acids is 3. The molecule has 0 radical (unpaired) electrons. The number of aromatic amines is 1. The fourth-order valence-electron chi connectivity index (χ4n) is 6.56. The second kappa shape index (κ2) is 23.4. The summed E-state index contributed by atoms with van der Waals surface area (Å²) in [4.78, 5) is 91.6. The fourth-order valence-corrected chi connectivity index (χ4v) is 10.2. The number of carbonyl (C=O) groups is 3. The molecule has 0 saturated carbocycles. The van der Waals surface area contributed by atoms with E-state index in [4.69, 9.17) is 19.5 Å². The molecule has 30 heteroatoms. The Labute approximate surface area is 381 Å². The first-order chi connectivity index (χ1) is 31.1. The number of anilines is 1. The Morgan fingerprint density at radius 3 is 2.42 bits per heavy atom. The molecule has 12 N–H and O–H groups in total. The molecule has 4 aromatic rings. The number of para-hydroxylation sites is 1. The Bertz CT molecular complexity index is 2440.